The number of fused-ring (bicyclic) bond motifs is 5. The van der Waals surface area contributed by atoms with Gasteiger partial charge in [0, 0.05) is 20.3 Å². The maximum Gasteiger partial charge on any atom is 0.316 e. The number of hydrogen-bond acceptors (Lipinski definition) is 8. The first-order chi connectivity index (χ1) is 17.0. The summed E-state index contributed by atoms with van der Waals surface area (Å²) in [5.74, 6) is -0.850. The maximum absolute atomic E-state index is 14.0. The molecule has 0 aliphatic heterocycles. The van der Waals surface area contributed by atoms with Gasteiger partial charge in [-0.1, -0.05) is 6.92 Å². The smallest absolute Gasteiger partial charge is 0.316 e. The highest BCUT2D eigenvalue weighted by molar-refractivity contribution is 5.81. The molecule has 8 nitrogen and oxygen atoms in total. The van der Waals surface area contributed by atoms with Crippen LogP contribution >= 0.6 is 0 Å². The van der Waals surface area contributed by atoms with Gasteiger partial charge in [0.2, 0.25) is 0 Å². The normalized spacial score (nSPS) is 41.2. The van der Waals surface area contributed by atoms with E-state index in [0.29, 0.717) is 38.2 Å². The van der Waals surface area contributed by atoms with Crippen LogP contribution in [0.2, 0.25) is 0 Å². The van der Waals surface area contributed by atoms with Crippen LogP contribution in [0, 0.1) is 34.5 Å². The van der Waals surface area contributed by atoms with E-state index in [2.05, 4.69) is 6.92 Å². The number of hydrogen-bond donors (Lipinski definition) is 0. The van der Waals surface area contributed by atoms with Crippen molar-refractivity contribution < 1.29 is 38.1 Å². The van der Waals surface area contributed by atoms with Crippen molar-refractivity contribution in [3.63, 3.8) is 0 Å². The zero-order valence-electron chi connectivity index (χ0n) is 22.4. The van der Waals surface area contributed by atoms with Crippen molar-refractivity contribution in [3.8, 4) is 0 Å². The van der Waals surface area contributed by atoms with E-state index < -0.39 is 23.1 Å². The summed E-state index contributed by atoms with van der Waals surface area (Å²) in [7, 11) is 0. The van der Waals surface area contributed by atoms with E-state index in [1.54, 1.807) is 6.92 Å². The Morgan fingerprint density at radius 1 is 0.806 bits per heavy atom. The Balaban J connectivity index is 1.74. The topological polar surface area (TPSA) is 105 Å². The van der Waals surface area contributed by atoms with Gasteiger partial charge in [0.05, 0.1) is 19.1 Å². The third-order valence-electron chi connectivity index (χ3n) is 10.1. The molecule has 36 heavy (non-hydrogen) atoms. The lowest BCUT2D eigenvalue weighted by Gasteiger charge is -2.63. The third-order valence-corrected chi connectivity index (χ3v) is 10.1. The first-order valence-electron chi connectivity index (χ1n) is 13.7. The van der Waals surface area contributed by atoms with Gasteiger partial charge in [0.25, 0.3) is 0 Å². The summed E-state index contributed by atoms with van der Waals surface area (Å²) in [6.07, 6.45) is 5.48. The largest absolute Gasteiger partial charge is 0.466 e. The van der Waals surface area contributed by atoms with Crippen LogP contribution in [-0.4, -0.2) is 48.8 Å². The first-order valence-corrected chi connectivity index (χ1v) is 13.7. The second-order valence-electron chi connectivity index (χ2n) is 11.6. The summed E-state index contributed by atoms with van der Waals surface area (Å²) in [4.78, 5) is 51.0. The van der Waals surface area contributed by atoms with Crippen LogP contribution in [0.25, 0.3) is 0 Å². The lowest BCUT2D eigenvalue weighted by molar-refractivity contribution is -0.249. The summed E-state index contributed by atoms with van der Waals surface area (Å²) in [5.41, 5.74) is -2.23. The average molecular weight is 507 g/mol. The van der Waals surface area contributed by atoms with Crippen molar-refractivity contribution in [2.24, 2.45) is 34.5 Å². The molecular formula is C28H42O8. The van der Waals surface area contributed by atoms with Gasteiger partial charge in [-0.2, -0.15) is 0 Å². The highest BCUT2D eigenvalue weighted by atomic mass is 16.6. The van der Waals surface area contributed by atoms with Crippen molar-refractivity contribution in [1.29, 1.82) is 0 Å². The quantitative estimate of drug-likeness (QED) is 0.386. The zero-order chi connectivity index (χ0) is 26.3. The van der Waals surface area contributed by atoms with Gasteiger partial charge < -0.3 is 18.9 Å². The van der Waals surface area contributed by atoms with E-state index in [1.807, 2.05) is 6.92 Å². The van der Waals surface area contributed by atoms with Gasteiger partial charge in [-0.15, -0.1) is 0 Å². The van der Waals surface area contributed by atoms with Crippen molar-refractivity contribution in [3.05, 3.63) is 0 Å². The highest BCUT2D eigenvalue weighted by Crippen LogP contribution is 2.69. The Kier molecular flexibility index (Phi) is 7.46. The molecule has 0 radical (unpaired) electrons. The Morgan fingerprint density at radius 2 is 1.53 bits per heavy atom. The molecule has 0 aromatic carbocycles. The van der Waals surface area contributed by atoms with Crippen molar-refractivity contribution in [2.75, 3.05) is 13.2 Å². The molecule has 4 saturated carbocycles. The molecule has 202 valence electrons. The fourth-order valence-corrected chi connectivity index (χ4v) is 8.94. The monoisotopic (exact) mass is 506 g/mol. The first kappa shape index (κ1) is 26.9. The van der Waals surface area contributed by atoms with E-state index in [4.69, 9.17) is 18.9 Å². The van der Waals surface area contributed by atoms with Gasteiger partial charge in [-0.25, -0.2) is 0 Å². The minimum absolute atomic E-state index is 0.0260. The van der Waals surface area contributed by atoms with Crippen LogP contribution in [0.3, 0.4) is 0 Å². The Bertz CT molecular complexity index is 900. The molecule has 0 N–H and O–H groups in total. The molecule has 0 bridgehead atoms. The summed E-state index contributed by atoms with van der Waals surface area (Å²) in [5, 5.41) is 0. The number of esters is 4. The molecule has 8 heteroatoms. The van der Waals surface area contributed by atoms with Crippen molar-refractivity contribution >= 4 is 23.9 Å². The van der Waals surface area contributed by atoms with Gasteiger partial charge >= 0.3 is 23.9 Å². The molecule has 0 aromatic heterocycles. The lowest BCUT2D eigenvalue weighted by Crippen LogP contribution is -2.69. The van der Waals surface area contributed by atoms with Gasteiger partial charge in [-0.05, 0) is 88.4 Å². The fourth-order valence-electron chi connectivity index (χ4n) is 8.94. The molecule has 0 aromatic rings. The predicted octanol–water partition coefficient (Wildman–Crippen LogP) is 4.37. The minimum Gasteiger partial charge on any atom is -0.466 e. The summed E-state index contributed by atoms with van der Waals surface area (Å²) < 4.78 is 22.9. The van der Waals surface area contributed by atoms with E-state index >= 15 is 0 Å². The number of carbonyl (C=O) groups excluding carboxylic acids is 4. The average Bonchev–Trinajstić information content (AvgIpc) is 3.15. The lowest BCUT2D eigenvalue weighted by atomic mass is 9.42. The molecule has 0 spiro atoms. The van der Waals surface area contributed by atoms with E-state index in [9.17, 15) is 19.2 Å². The molecule has 4 aliphatic rings. The van der Waals surface area contributed by atoms with Crippen LogP contribution in [0.5, 0.6) is 0 Å². The fraction of sp³-hybridized carbons (Fsp3) is 0.857. The molecule has 0 heterocycles. The number of rotatable bonds is 6. The number of ether oxygens (including phenoxy) is 4. The molecule has 8 unspecified atom stereocenters. The van der Waals surface area contributed by atoms with E-state index in [1.165, 1.54) is 13.8 Å². The Hall–Kier alpha value is -2.12. The number of carbonyl (C=O) groups is 4. The van der Waals surface area contributed by atoms with E-state index in [0.717, 1.165) is 32.1 Å². The molecule has 0 saturated heterocycles. The maximum atomic E-state index is 14.0. The highest BCUT2D eigenvalue weighted by Gasteiger charge is 2.72. The molecule has 4 fully saturated rings. The molecule has 4 rings (SSSR count). The molecule has 0 amide bonds. The summed E-state index contributed by atoms with van der Waals surface area (Å²) >= 11 is 0. The van der Waals surface area contributed by atoms with Gasteiger partial charge in [0.15, 0.2) is 0 Å². The summed E-state index contributed by atoms with van der Waals surface area (Å²) in [6.45, 7) is 9.25. The molecular weight excluding hydrogens is 464 g/mol. The molecule has 4 aliphatic carbocycles. The Labute approximate surface area is 214 Å². The third kappa shape index (κ3) is 4.12. The van der Waals surface area contributed by atoms with Gasteiger partial charge in [-0.3, -0.25) is 19.2 Å². The Morgan fingerprint density at radius 3 is 2.17 bits per heavy atom. The standard InChI is InChI=1S/C28H42O8/c1-6-33-24(31)23-9-8-21-20-11-14-27(36-18(4)30)16-19(35-17(3)29)10-15-28(27,25(32)34-7-2)22(20)12-13-26(21,23)5/h19-23H,6-16H2,1-5H3. The van der Waals surface area contributed by atoms with Crippen LogP contribution in [0.1, 0.15) is 92.4 Å². The predicted molar refractivity (Wildman–Crippen MR) is 129 cm³/mol. The zero-order valence-corrected chi connectivity index (χ0v) is 22.4. The SMILES string of the molecule is CCOC(=O)C1CCC2C3CCC4(OC(C)=O)CC(OC(C)=O)CCC4(C(=O)OCC)C3CCC12C. The van der Waals surface area contributed by atoms with Crippen molar-refractivity contribution in [1.82, 2.24) is 0 Å². The molecule has 8 atom stereocenters. The van der Waals surface area contributed by atoms with Crippen LogP contribution in [0.4, 0.5) is 0 Å². The second-order valence-corrected chi connectivity index (χ2v) is 11.6. The van der Waals surface area contributed by atoms with Crippen LogP contribution in [-0.2, 0) is 38.1 Å². The second kappa shape index (κ2) is 9.97. The van der Waals surface area contributed by atoms with Gasteiger partial charge in [0.1, 0.15) is 17.1 Å². The van der Waals surface area contributed by atoms with Crippen LogP contribution in [0.15, 0.2) is 0 Å². The minimum atomic E-state index is -1.07. The van der Waals surface area contributed by atoms with E-state index in [-0.39, 0.29) is 47.7 Å². The summed E-state index contributed by atoms with van der Waals surface area (Å²) in [6, 6.07) is 0. The van der Waals surface area contributed by atoms with Crippen molar-refractivity contribution in [2.45, 2.75) is 104 Å². The van der Waals surface area contributed by atoms with Crippen LogP contribution < -0.4 is 0 Å².